The van der Waals surface area contributed by atoms with Crippen molar-refractivity contribution in [1.29, 1.82) is 0 Å². The van der Waals surface area contributed by atoms with Crippen molar-refractivity contribution < 1.29 is 116 Å². The number of hydrogen-bond donors (Lipinski definition) is 5. The molecule has 1 aromatic heterocycles. The molecule has 6 aliphatic rings. The van der Waals surface area contributed by atoms with Gasteiger partial charge < -0.3 is 45.9 Å². The van der Waals surface area contributed by atoms with Crippen molar-refractivity contribution in [1.82, 2.24) is 56.0 Å². The molecular formula is C87H94F21N11O5. The Labute approximate surface area is 701 Å². The summed E-state index contributed by atoms with van der Waals surface area (Å²) in [6.45, 7) is 6.44. The third kappa shape index (κ3) is 23.7. The first-order valence-corrected chi connectivity index (χ1v) is 40.7. The fourth-order valence-corrected chi connectivity index (χ4v) is 18.3. The van der Waals surface area contributed by atoms with E-state index in [-0.39, 0.29) is 121 Å². The van der Waals surface area contributed by atoms with Gasteiger partial charge in [0.1, 0.15) is 40.9 Å². The van der Waals surface area contributed by atoms with Crippen LogP contribution in [0, 0.1) is 33.7 Å². The first kappa shape index (κ1) is 94.9. The van der Waals surface area contributed by atoms with Crippen molar-refractivity contribution in [3.05, 3.63) is 224 Å². The van der Waals surface area contributed by atoms with Gasteiger partial charge in [0.15, 0.2) is 0 Å². The summed E-state index contributed by atoms with van der Waals surface area (Å²) < 4.78 is 281. The van der Waals surface area contributed by atoms with E-state index in [4.69, 9.17) is 0 Å². The molecular weight excluding hydrogens is 1680 g/mol. The summed E-state index contributed by atoms with van der Waals surface area (Å²) in [5.41, 5.74) is -10.6. The Morgan fingerprint density at radius 2 is 0.645 bits per heavy atom. The number of hydrogen-bond acceptors (Lipinski definition) is 10. The predicted octanol–water partition coefficient (Wildman–Crippen LogP) is 18.3. The monoisotopic (exact) mass is 1770 g/mol. The highest BCUT2D eigenvalue weighted by molar-refractivity contribution is 6.06. The number of nitrogens with one attached hydrogen (secondary N) is 5. The number of nitrogens with zero attached hydrogens (tertiary/aromatic N) is 6. The zero-order valence-electron chi connectivity index (χ0n) is 67.7. The topological polar surface area (TPSA) is 186 Å². The lowest BCUT2D eigenvalue weighted by molar-refractivity contribution is -0.145. The van der Waals surface area contributed by atoms with Crippen LogP contribution in [-0.4, -0.2) is 129 Å². The van der Waals surface area contributed by atoms with Gasteiger partial charge in [-0.3, -0.25) is 24.0 Å². The summed E-state index contributed by atoms with van der Waals surface area (Å²) in [5.74, 6) is -3.01. The molecule has 3 aliphatic heterocycles. The van der Waals surface area contributed by atoms with Crippen molar-refractivity contribution in [2.24, 2.45) is 16.2 Å². The van der Waals surface area contributed by atoms with Crippen LogP contribution in [0.3, 0.4) is 0 Å². The highest BCUT2D eigenvalue weighted by Gasteiger charge is 2.55. The summed E-state index contributed by atoms with van der Waals surface area (Å²) >= 11 is 0. The van der Waals surface area contributed by atoms with E-state index >= 15 is 0 Å². The molecule has 674 valence electrons. The van der Waals surface area contributed by atoms with Gasteiger partial charge in [0, 0.05) is 57.4 Å². The van der Waals surface area contributed by atoms with Gasteiger partial charge in [-0.2, -0.15) is 79.0 Å². The fraction of sp³-hybridized carbons (Fsp3) is 0.506. The number of carbonyl (C=O) groups excluding carboxylic acids is 5. The molecule has 37 heteroatoms. The van der Waals surface area contributed by atoms with Crippen LogP contribution < -0.4 is 26.6 Å². The third-order valence-electron chi connectivity index (χ3n) is 24.8. The first-order chi connectivity index (χ1) is 58.1. The van der Waals surface area contributed by atoms with Gasteiger partial charge in [0.2, 0.25) is 29.5 Å². The molecule has 0 radical (unpaired) electrons. The predicted molar refractivity (Wildman–Crippen MR) is 412 cm³/mol. The Kier molecular flexibility index (Phi) is 29.5. The standard InChI is InChI=1S/C30H34F7N3O2.C29H30F7N5O.C28H30F7N3O2/c1-18(2)39-27(42)28(26(41)38-17-19-13-22(29(32,33)34)15-23(14-19)30(35,36)37)10-7-25(16-28)40-11-8-21(9-12-40)20-3-5-24(31)6-4-20;30-24-3-1-20(2-4-24)21-6-9-41(10-7-21)25-5-8-27(14-25,16-40-17-38-39-18-40)26(42)37-15-19-11-22(28(31,32)33)13-23(12-19)29(34,35)36;1-36-24(39)26(25(40)37-16-17-12-20(27(30,31)32)14-21(13-17)28(33,34)35)9-6-23(15-26)38-10-7-19(8-11-38)18-2-4-22(29)5-3-18/h3-6,13-15,18,21,25H,7-12,16-17H2,1-2H3,(H,38,41)(H,39,42);1-4,11-13,17-18,21,25H,5-10,14-16H2,(H,37,42);2-5,12-14,19,23H,6-11,15-16H2,1H3,(H,36,39)(H,37,40). The molecule has 0 spiro atoms. The van der Waals surface area contributed by atoms with E-state index in [0.29, 0.717) is 101 Å². The molecule has 3 aliphatic carbocycles. The van der Waals surface area contributed by atoms with E-state index < -0.39 is 136 Å². The Morgan fingerprint density at radius 1 is 0.371 bits per heavy atom. The second kappa shape index (κ2) is 38.6. The third-order valence-corrected chi connectivity index (χ3v) is 24.8. The second-order valence-corrected chi connectivity index (χ2v) is 33.4. The van der Waals surface area contributed by atoms with E-state index in [1.807, 2.05) is 12.1 Å². The summed E-state index contributed by atoms with van der Waals surface area (Å²) in [7, 11) is 1.38. The van der Waals surface area contributed by atoms with Crippen molar-refractivity contribution in [3.63, 3.8) is 0 Å². The Morgan fingerprint density at radius 3 is 0.927 bits per heavy atom. The van der Waals surface area contributed by atoms with E-state index in [1.54, 1.807) is 42.7 Å². The number of piperidine rings is 3. The number of rotatable bonds is 20. The zero-order chi connectivity index (χ0) is 90.3. The molecule has 6 unspecified atom stereocenters. The highest BCUT2D eigenvalue weighted by atomic mass is 19.4. The largest absolute Gasteiger partial charge is 0.416 e. The highest BCUT2D eigenvalue weighted by Crippen LogP contribution is 2.49. The van der Waals surface area contributed by atoms with Crippen molar-refractivity contribution >= 4 is 29.5 Å². The van der Waals surface area contributed by atoms with Gasteiger partial charge in [0.25, 0.3) is 0 Å². The number of alkyl halides is 18. The van der Waals surface area contributed by atoms with Gasteiger partial charge in [0.05, 0.1) is 38.8 Å². The smallest absolute Gasteiger partial charge is 0.358 e. The minimum absolute atomic E-state index is 0.0260. The molecule has 6 atom stereocenters. The molecule has 5 amide bonds. The SMILES string of the molecule is CC(C)NC(=O)C1(C(=O)NCc2cc(C(F)(F)F)cc(C(F)(F)F)c2)CCC(N2CCC(c3ccc(F)cc3)CC2)C1.CNC(=O)C1(C(=O)NCc2cc(C(F)(F)F)cc(C(F)(F)F)c2)CCC(N2CCC(c3ccc(F)cc3)CC2)C1.O=C(NCc1cc(C(F)(F)F)cc(C(F)(F)F)c1)C1(Cn2cnnc2)CCC(N2CCC(c3ccc(F)cc3)CC2)C1. The van der Waals surface area contributed by atoms with Crippen LogP contribution in [-0.2, 0) is 87.2 Å². The first-order valence-electron chi connectivity index (χ1n) is 40.7. The molecule has 6 aromatic carbocycles. The Balaban J connectivity index is 0.000000181. The minimum Gasteiger partial charge on any atom is -0.358 e. The van der Waals surface area contributed by atoms with E-state index in [1.165, 1.54) is 56.1 Å². The lowest BCUT2D eigenvalue weighted by Gasteiger charge is -2.37. The molecule has 4 heterocycles. The zero-order valence-corrected chi connectivity index (χ0v) is 67.7. The van der Waals surface area contributed by atoms with Crippen LogP contribution in [0.4, 0.5) is 92.2 Å². The van der Waals surface area contributed by atoms with Gasteiger partial charge in [-0.05, 0) is 292 Å². The number of amides is 5. The van der Waals surface area contributed by atoms with Crippen LogP contribution >= 0.6 is 0 Å². The second-order valence-electron chi connectivity index (χ2n) is 33.4. The maximum atomic E-state index is 13.7. The number of carbonyl (C=O) groups is 5. The summed E-state index contributed by atoms with van der Waals surface area (Å²) in [6.07, 6.45) is -18.6. The molecule has 16 nitrogen and oxygen atoms in total. The number of likely N-dealkylation sites (tertiary alicyclic amines) is 3. The van der Waals surface area contributed by atoms with Crippen molar-refractivity contribution in [2.75, 3.05) is 46.3 Å². The molecule has 5 N–H and O–H groups in total. The van der Waals surface area contributed by atoms with Crippen molar-refractivity contribution in [3.8, 4) is 0 Å². The lowest BCUT2D eigenvalue weighted by Crippen LogP contribution is -2.52. The summed E-state index contributed by atoms with van der Waals surface area (Å²) in [6, 6.07) is 22.6. The van der Waals surface area contributed by atoms with Gasteiger partial charge in [-0.25, -0.2) is 13.2 Å². The average molecular weight is 1770 g/mol. The van der Waals surface area contributed by atoms with Crippen LogP contribution in [0.15, 0.2) is 140 Å². The number of halogens is 21. The van der Waals surface area contributed by atoms with E-state index in [9.17, 15) is 116 Å². The Hall–Kier alpha value is -9.78. The van der Waals surface area contributed by atoms with Crippen LogP contribution in [0.5, 0.6) is 0 Å². The van der Waals surface area contributed by atoms with E-state index in [0.717, 1.165) is 68.3 Å². The maximum absolute atomic E-state index is 13.7. The molecule has 124 heavy (non-hydrogen) atoms. The maximum Gasteiger partial charge on any atom is 0.416 e. The quantitative estimate of drug-likeness (QED) is 0.0363. The van der Waals surface area contributed by atoms with Crippen molar-refractivity contribution in [2.45, 2.75) is 215 Å². The van der Waals surface area contributed by atoms with Gasteiger partial charge in [-0.15, -0.1) is 10.2 Å². The Bertz CT molecular complexity index is 4710. The van der Waals surface area contributed by atoms with Crippen LogP contribution in [0.2, 0.25) is 0 Å². The molecule has 3 saturated heterocycles. The molecule has 13 rings (SSSR count). The van der Waals surface area contributed by atoms with Crippen LogP contribution in [0.25, 0.3) is 0 Å². The fourth-order valence-electron chi connectivity index (χ4n) is 18.3. The summed E-state index contributed by atoms with van der Waals surface area (Å²) in [4.78, 5) is 73.6. The molecule has 0 bridgehead atoms. The normalized spacial score (nSPS) is 22.5. The lowest BCUT2D eigenvalue weighted by atomic mass is 9.82. The van der Waals surface area contributed by atoms with Gasteiger partial charge >= 0.3 is 37.1 Å². The molecule has 3 saturated carbocycles. The molecule has 7 aromatic rings. The number of aromatic nitrogens is 3. The van der Waals surface area contributed by atoms with Gasteiger partial charge in [-0.1, -0.05) is 36.4 Å². The number of benzene rings is 6. The minimum atomic E-state index is -5.01. The van der Waals surface area contributed by atoms with Crippen LogP contribution in [0.1, 0.15) is 195 Å². The van der Waals surface area contributed by atoms with E-state index in [2.05, 4.69) is 51.5 Å². The molecule has 6 fully saturated rings. The summed E-state index contributed by atoms with van der Waals surface area (Å²) in [5, 5.41) is 20.4. The average Bonchev–Trinajstić information content (AvgIpc) is 1.73.